The third kappa shape index (κ3) is 5.48. The molecule has 2 rings (SSSR count). The van der Waals surface area contributed by atoms with E-state index >= 15 is 0 Å². The molecular formula is C12H18Cl2N2O3. The van der Waals surface area contributed by atoms with Crippen LogP contribution in [0.3, 0.4) is 0 Å². The van der Waals surface area contributed by atoms with Gasteiger partial charge in [0.25, 0.3) is 0 Å². The van der Waals surface area contributed by atoms with Crippen molar-refractivity contribution >= 4 is 23.2 Å². The average molecular weight is 309 g/mol. The van der Waals surface area contributed by atoms with Crippen LogP contribution in [-0.2, 0) is 9.47 Å². The summed E-state index contributed by atoms with van der Waals surface area (Å²) in [4.78, 5) is 7.77. The lowest BCUT2D eigenvalue weighted by atomic mass is 10.4. The van der Waals surface area contributed by atoms with Crippen LogP contribution in [0.15, 0.2) is 6.07 Å². The molecule has 1 fully saturated rings. The molecule has 5 nitrogen and oxygen atoms in total. The molecule has 0 spiro atoms. The fourth-order valence-corrected chi connectivity index (χ4v) is 1.85. The second kappa shape index (κ2) is 7.24. The second-order valence-corrected chi connectivity index (χ2v) is 4.83. The summed E-state index contributed by atoms with van der Waals surface area (Å²) in [6.45, 7) is 8.46. The van der Waals surface area contributed by atoms with Crippen LogP contribution in [0.5, 0.6) is 6.01 Å². The summed E-state index contributed by atoms with van der Waals surface area (Å²) in [6, 6.07) is 1.57. The molecule has 1 aromatic rings. The van der Waals surface area contributed by atoms with Crippen molar-refractivity contribution in [2.45, 2.75) is 39.6 Å². The Morgan fingerprint density at radius 1 is 1.32 bits per heavy atom. The highest BCUT2D eigenvalue weighted by molar-refractivity contribution is 6.33. The summed E-state index contributed by atoms with van der Waals surface area (Å²) in [5.41, 5.74) is 0. The molecule has 0 N–H and O–H groups in total. The topological polar surface area (TPSA) is 53.5 Å². The first kappa shape index (κ1) is 16.4. The normalized spacial score (nSPS) is 20.6. The molecule has 108 valence electrons. The van der Waals surface area contributed by atoms with Gasteiger partial charge in [0, 0.05) is 6.07 Å². The van der Waals surface area contributed by atoms with Gasteiger partial charge >= 0.3 is 6.01 Å². The van der Waals surface area contributed by atoms with Crippen LogP contribution in [0.1, 0.15) is 27.7 Å². The maximum absolute atomic E-state index is 5.72. The largest absolute Gasteiger partial charge is 0.461 e. The molecule has 1 unspecified atom stereocenters. The van der Waals surface area contributed by atoms with Crippen LogP contribution >= 0.6 is 23.2 Å². The van der Waals surface area contributed by atoms with Crippen molar-refractivity contribution in [3.8, 4) is 6.01 Å². The Hall–Kier alpha value is -0.620. The summed E-state index contributed by atoms with van der Waals surface area (Å²) >= 11 is 11.4. The SMILES string of the molecule is CC.CC1(C)OCC(COc2nc(Cl)cc(Cl)n2)O1. The van der Waals surface area contributed by atoms with Crippen LogP contribution in [0.4, 0.5) is 0 Å². The zero-order chi connectivity index (χ0) is 14.5. The molecule has 0 aromatic carbocycles. The fraction of sp³-hybridized carbons (Fsp3) is 0.667. The number of ether oxygens (including phenoxy) is 3. The smallest absolute Gasteiger partial charge is 0.319 e. The maximum Gasteiger partial charge on any atom is 0.319 e. The van der Waals surface area contributed by atoms with E-state index in [9.17, 15) is 0 Å². The molecule has 0 saturated carbocycles. The van der Waals surface area contributed by atoms with Gasteiger partial charge in [0.05, 0.1) is 6.61 Å². The van der Waals surface area contributed by atoms with E-state index in [0.29, 0.717) is 13.2 Å². The van der Waals surface area contributed by atoms with Crippen molar-refractivity contribution in [2.24, 2.45) is 0 Å². The predicted octanol–water partition coefficient (Wildman–Crippen LogP) is 3.34. The Balaban J connectivity index is 0.000000861. The van der Waals surface area contributed by atoms with E-state index in [-0.39, 0.29) is 22.4 Å². The molecule has 1 aliphatic rings. The monoisotopic (exact) mass is 308 g/mol. The molecule has 0 bridgehead atoms. The van der Waals surface area contributed by atoms with Gasteiger partial charge in [0.2, 0.25) is 0 Å². The van der Waals surface area contributed by atoms with E-state index < -0.39 is 5.79 Å². The average Bonchev–Trinajstić information content (AvgIpc) is 2.68. The van der Waals surface area contributed by atoms with E-state index in [1.807, 2.05) is 27.7 Å². The Morgan fingerprint density at radius 3 is 2.37 bits per heavy atom. The molecule has 0 radical (unpaired) electrons. The standard InChI is InChI=1S/C10H12Cl2N2O3.C2H6/c1-10(2)16-5-6(17-10)4-15-9-13-7(11)3-8(12)14-9;1-2/h3,6H,4-5H2,1-2H3;1-2H3. The second-order valence-electron chi connectivity index (χ2n) is 4.06. The van der Waals surface area contributed by atoms with Gasteiger partial charge in [-0.15, -0.1) is 0 Å². The molecular weight excluding hydrogens is 291 g/mol. The highest BCUT2D eigenvalue weighted by Crippen LogP contribution is 2.23. The van der Waals surface area contributed by atoms with Crippen LogP contribution in [0.2, 0.25) is 10.3 Å². The van der Waals surface area contributed by atoms with E-state index in [2.05, 4.69) is 9.97 Å². The van der Waals surface area contributed by atoms with E-state index in [1.54, 1.807) is 0 Å². The molecule has 7 heteroatoms. The number of aromatic nitrogens is 2. The molecule has 1 saturated heterocycles. The molecule has 1 aliphatic heterocycles. The summed E-state index contributed by atoms with van der Waals surface area (Å²) in [5, 5.41) is 0.479. The third-order valence-corrected chi connectivity index (χ3v) is 2.50. The molecule has 0 aliphatic carbocycles. The highest BCUT2D eigenvalue weighted by Gasteiger charge is 2.33. The molecule has 1 atom stereocenters. The number of nitrogens with zero attached hydrogens (tertiary/aromatic N) is 2. The lowest BCUT2D eigenvalue weighted by Crippen LogP contribution is -2.25. The summed E-state index contributed by atoms with van der Waals surface area (Å²) in [6.07, 6.45) is -0.147. The molecule has 2 heterocycles. The minimum atomic E-state index is -0.569. The van der Waals surface area contributed by atoms with E-state index in [1.165, 1.54) is 6.07 Å². The highest BCUT2D eigenvalue weighted by atomic mass is 35.5. The van der Waals surface area contributed by atoms with Gasteiger partial charge in [-0.2, -0.15) is 9.97 Å². The molecule has 1 aromatic heterocycles. The number of hydrogen-bond donors (Lipinski definition) is 0. The number of rotatable bonds is 3. The van der Waals surface area contributed by atoms with Gasteiger partial charge in [-0.05, 0) is 13.8 Å². The van der Waals surface area contributed by atoms with Crippen LogP contribution in [0, 0.1) is 0 Å². The Bertz CT molecular complexity index is 396. The lowest BCUT2D eigenvalue weighted by Gasteiger charge is -2.16. The van der Waals surface area contributed by atoms with Crippen molar-refractivity contribution in [2.75, 3.05) is 13.2 Å². The minimum absolute atomic E-state index is 0.135. The predicted molar refractivity (Wildman–Crippen MR) is 73.8 cm³/mol. The van der Waals surface area contributed by atoms with Crippen molar-refractivity contribution in [1.29, 1.82) is 0 Å². The van der Waals surface area contributed by atoms with E-state index in [4.69, 9.17) is 37.4 Å². The fourth-order valence-electron chi connectivity index (χ4n) is 1.45. The van der Waals surface area contributed by atoms with E-state index in [0.717, 1.165) is 0 Å². The van der Waals surface area contributed by atoms with Crippen LogP contribution < -0.4 is 4.74 Å². The lowest BCUT2D eigenvalue weighted by molar-refractivity contribution is -0.141. The summed E-state index contributed by atoms with van der Waals surface area (Å²) in [7, 11) is 0. The van der Waals surface area contributed by atoms with Crippen LogP contribution in [-0.4, -0.2) is 35.1 Å². The minimum Gasteiger partial charge on any atom is -0.461 e. The third-order valence-electron chi connectivity index (χ3n) is 2.11. The molecule has 19 heavy (non-hydrogen) atoms. The van der Waals surface area contributed by atoms with Crippen molar-refractivity contribution in [1.82, 2.24) is 9.97 Å². The first-order valence-electron chi connectivity index (χ1n) is 6.09. The maximum atomic E-state index is 5.72. The van der Waals surface area contributed by atoms with Crippen molar-refractivity contribution in [3.63, 3.8) is 0 Å². The van der Waals surface area contributed by atoms with Gasteiger partial charge in [-0.1, -0.05) is 37.0 Å². The summed E-state index contributed by atoms with van der Waals surface area (Å²) < 4.78 is 16.3. The quantitative estimate of drug-likeness (QED) is 0.802. The zero-order valence-corrected chi connectivity index (χ0v) is 13.0. The first-order chi connectivity index (χ1) is 8.94. The van der Waals surface area contributed by atoms with Gasteiger partial charge in [-0.3, -0.25) is 0 Å². The van der Waals surface area contributed by atoms with Gasteiger partial charge < -0.3 is 14.2 Å². The zero-order valence-electron chi connectivity index (χ0n) is 11.4. The molecule has 0 amide bonds. The Kier molecular flexibility index (Phi) is 6.26. The van der Waals surface area contributed by atoms with Crippen molar-refractivity contribution < 1.29 is 14.2 Å². The van der Waals surface area contributed by atoms with Gasteiger partial charge in [0.15, 0.2) is 5.79 Å². The van der Waals surface area contributed by atoms with Gasteiger partial charge in [-0.25, -0.2) is 0 Å². The Labute approximate surface area is 123 Å². The number of hydrogen-bond acceptors (Lipinski definition) is 5. The number of halogens is 2. The Morgan fingerprint density at radius 2 is 1.89 bits per heavy atom. The first-order valence-corrected chi connectivity index (χ1v) is 6.85. The van der Waals surface area contributed by atoms with Crippen molar-refractivity contribution in [3.05, 3.63) is 16.4 Å². The summed E-state index contributed by atoms with van der Waals surface area (Å²) in [5.74, 6) is -0.569. The van der Waals surface area contributed by atoms with Gasteiger partial charge in [0.1, 0.15) is 23.0 Å². The van der Waals surface area contributed by atoms with Crippen LogP contribution in [0.25, 0.3) is 0 Å².